The molecule has 0 rings (SSSR count). The molecule has 0 aromatic heterocycles. The van der Waals surface area contributed by atoms with Gasteiger partial charge in [-0.2, -0.15) is 0 Å². The number of nitrogens with zero attached hydrogens (tertiary/aromatic N) is 1. The molecule has 1 nitrogen and oxygen atoms in total. The Morgan fingerprint density at radius 1 is 1.27 bits per heavy atom. The fraction of sp³-hybridized carbons (Fsp3) is 0.750. The van der Waals surface area contributed by atoms with Crippen LogP contribution in [0.3, 0.4) is 0 Å². The van der Waals surface area contributed by atoms with Gasteiger partial charge in [-0.25, -0.2) is 0 Å². The van der Waals surface area contributed by atoms with Gasteiger partial charge in [-0.3, -0.25) is 0 Å². The normalized spacial score (nSPS) is 11.8. The van der Waals surface area contributed by atoms with E-state index in [-0.39, 0.29) is 0 Å². The van der Waals surface area contributed by atoms with Gasteiger partial charge in [-0.05, 0) is 26.4 Å². The molecular formula is C8H17NS2. The molecule has 0 fully saturated rings. The SMILES string of the molecule is CCN(CC)/C(=C/SC)SC. The van der Waals surface area contributed by atoms with Gasteiger partial charge in [0.05, 0.1) is 5.03 Å². The van der Waals surface area contributed by atoms with Gasteiger partial charge in [0.15, 0.2) is 0 Å². The fourth-order valence-electron chi connectivity index (χ4n) is 0.888. The van der Waals surface area contributed by atoms with Crippen LogP contribution < -0.4 is 0 Å². The number of thioether (sulfide) groups is 2. The van der Waals surface area contributed by atoms with Crippen molar-refractivity contribution in [1.82, 2.24) is 4.90 Å². The molecule has 0 aromatic carbocycles. The lowest BCUT2D eigenvalue weighted by Gasteiger charge is -2.22. The van der Waals surface area contributed by atoms with E-state index in [1.807, 2.05) is 11.8 Å². The van der Waals surface area contributed by atoms with Crippen LogP contribution in [0.1, 0.15) is 13.8 Å². The first-order valence-corrected chi connectivity index (χ1v) is 6.33. The first-order chi connectivity index (χ1) is 5.29. The van der Waals surface area contributed by atoms with Gasteiger partial charge < -0.3 is 4.90 Å². The highest BCUT2D eigenvalue weighted by molar-refractivity contribution is 8.05. The monoisotopic (exact) mass is 191 g/mol. The van der Waals surface area contributed by atoms with Gasteiger partial charge in [0, 0.05) is 18.5 Å². The second-order valence-electron chi connectivity index (χ2n) is 2.07. The van der Waals surface area contributed by atoms with Gasteiger partial charge in [-0.15, -0.1) is 23.5 Å². The Labute approximate surface area is 78.6 Å². The Balaban J connectivity index is 4.09. The maximum absolute atomic E-state index is 2.36. The van der Waals surface area contributed by atoms with Crippen molar-refractivity contribution in [3.05, 3.63) is 10.4 Å². The lowest BCUT2D eigenvalue weighted by atomic mass is 10.5. The molecule has 0 atom stereocenters. The molecular weight excluding hydrogens is 174 g/mol. The largest absolute Gasteiger partial charge is 0.367 e. The van der Waals surface area contributed by atoms with Crippen LogP contribution in [0, 0.1) is 0 Å². The van der Waals surface area contributed by atoms with E-state index in [0.29, 0.717) is 0 Å². The van der Waals surface area contributed by atoms with Crippen LogP contribution in [0.2, 0.25) is 0 Å². The van der Waals surface area contributed by atoms with Crippen molar-refractivity contribution >= 4 is 23.5 Å². The molecule has 0 saturated carbocycles. The fourth-order valence-corrected chi connectivity index (χ4v) is 2.43. The third-order valence-corrected chi connectivity index (χ3v) is 2.91. The third-order valence-electron chi connectivity index (χ3n) is 1.50. The van der Waals surface area contributed by atoms with Crippen LogP contribution >= 0.6 is 23.5 Å². The summed E-state index contributed by atoms with van der Waals surface area (Å²) in [5.74, 6) is 0. The van der Waals surface area contributed by atoms with Crippen molar-refractivity contribution in [1.29, 1.82) is 0 Å². The molecule has 0 aromatic rings. The van der Waals surface area contributed by atoms with Crippen LogP contribution in [-0.2, 0) is 0 Å². The molecule has 0 aliphatic heterocycles. The van der Waals surface area contributed by atoms with Gasteiger partial charge in [0.1, 0.15) is 0 Å². The molecule has 0 heterocycles. The maximum Gasteiger partial charge on any atom is 0.0768 e. The van der Waals surface area contributed by atoms with Gasteiger partial charge in [0.25, 0.3) is 0 Å². The minimum atomic E-state index is 1.10. The predicted octanol–water partition coefficient (Wildman–Crippen LogP) is 2.85. The smallest absolute Gasteiger partial charge is 0.0768 e. The van der Waals surface area contributed by atoms with Gasteiger partial charge in [-0.1, -0.05) is 0 Å². The van der Waals surface area contributed by atoms with Crippen molar-refractivity contribution in [3.63, 3.8) is 0 Å². The highest BCUT2D eigenvalue weighted by Gasteiger charge is 2.01. The topological polar surface area (TPSA) is 3.24 Å². The van der Waals surface area contributed by atoms with E-state index in [1.165, 1.54) is 5.03 Å². The van der Waals surface area contributed by atoms with Crippen LogP contribution in [-0.4, -0.2) is 30.5 Å². The second-order valence-corrected chi connectivity index (χ2v) is 3.60. The Bertz CT molecular complexity index is 119. The molecule has 0 amide bonds. The van der Waals surface area contributed by atoms with Crippen LogP contribution in [0.25, 0.3) is 0 Å². The summed E-state index contributed by atoms with van der Waals surface area (Å²) in [4.78, 5) is 2.36. The number of rotatable bonds is 5. The van der Waals surface area contributed by atoms with Crippen molar-refractivity contribution in [2.24, 2.45) is 0 Å². The molecule has 0 N–H and O–H groups in total. The Morgan fingerprint density at radius 3 is 2.09 bits per heavy atom. The molecule has 0 bridgehead atoms. The quantitative estimate of drug-likeness (QED) is 0.658. The maximum atomic E-state index is 2.36. The van der Waals surface area contributed by atoms with Crippen LogP contribution in [0.4, 0.5) is 0 Å². The summed E-state index contributed by atoms with van der Waals surface area (Å²) >= 11 is 3.59. The summed E-state index contributed by atoms with van der Waals surface area (Å²) in [5.41, 5.74) is 0. The Kier molecular flexibility index (Phi) is 7.07. The summed E-state index contributed by atoms with van der Waals surface area (Å²) in [6.45, 7) is 6.58. The molecule has 3 heteroatoms. The lowest BCUT2D eigenvalue weighted by molar-refractivity contribution is 0.410. The molecule has 0 saturated heterocycles. The highest BCUT2D eigenvalue weighted by Crippen LogP contribution is 2.19. The minimum Gasteiger partial charge on any atom is -0.367 e. The van der Waals surface area contributed by atoms with Gasteiger partial charge >= 0.3 is 0 Å². The zero-order valence-electron chi connectivity index (χ0n) is 7.76. The van der Waals surface area contributed by atoms with E-state index in [0.717, 1.165) is 13.1 Å². The van der Waals surface area contributed by atoms with Crippen molar-refractivity contribution in [3.8, 4) is 0 Å². The standard InChI is InChI=1S/C8H17NS2/c1-5-9(6-2)8(11-4)7-10-3/h7H,5-6H2,1-4H3/b8-7-. The molecule has 0 spiro atoms. The molecule has 0 aliphatic carbocycles. The van der Waals surface area contributed by atoms with E-state index in [4.69, 9.17) is 0 Å². The first kappa shape index (κ1) is 11.2. The third kappa shape index (κ3) is 3.97. The predicted molar refractivity (Wildman–Crippen MR) is 58.0 cm³/mol. The Morgan fingerprint density at radius 2 is 1.82 bits per heavy atom. The highest BCUT2D eigenvalue weighted by atomic mass is 32.2. The average molecular weight is 191 g/mol. The minimum absolute atomic E-state index is 1.10. The molecule has 0 unspecified atom stereocenters. The molecule has 66 valence electrons. The van der Waals surface area contributed by atoms with Crippen LogP contribution in [0.5, 0.6) is 0 Å². The molecule has 0 radical (unpaired) electrons. The second kappa shape index (κ2) is 6.92. The zero-order chi connectivity index (χ0) is 8.69. The lowest BCUT2D eigenvalue weighted by Crippen LogP contribution is -2.20. The summed E-state index contributed by atoms with van der Waals surface area (Å²) in [6, 6.07) is 0. The van der Waals surface area contributed by atoms with E-state index in [9.17, 15) is 0 Å². The van der Waals surface area contributed by atoms with Crippen LogP contribution in [0.15, 0.2) is 10.4 Å². The van der Waals surface area contributed by atoms with E-state index in [2.05, 4.69) is 36.7 Å². The average Bonchev–Trinajstić information content (AvgIpc) is 2.05. The van der Waals surface area contributed by atoms with Crippen molar-refractivity contribution in [2.45, 2.75) is 13.8 Å². The van der Waals surface area contributed by atoms with Crippen molar-refractivity contribution < 1.29 is 0 Å². The first-order valence-electron chi connectivity index (χ1n) is 3.82. The van der Waals surface area contributed by atoms with E-state index >= 15 is 0 Å². The number of hydrogen-bond donors (Lipinski definition) is 0. The van der Waals surface area contributed by atoms with Gasteiger partial charge in [0.2, 0.25) is 0 Å². The Hall–Kier alpha value is 0.240. The van der Waals surface area contributed by atoms with E-state index < -0.39 is 0 Å². The molecule has 11 heavy (non-hydrogen) atoms. The van der Waals surface area contributed by atoms with Crippen molar-refractivity contribution in [2.75, 3.05) is 25.6 Å². The summed E-state index contributed by atoms with van der Waals surface area (Å²) in [5, 5.41) is 3.58. The molecule has 0 aliphatic rings. The zero-order valence-corrected chi connectivity index (χ0v) is 9.39. The summed E-state index contributed by atoms with van der Waals surface area (Å²) < 4.78 is 0. The van der Waals surface area contributed by atoms with E-state index in [1.54, 1.807) is 11.8 Å². The summed E-state index contributed by atoms with van der Waals surface area (Å²) in [7, 11) is 0. The number of hydrogen-bond acceptors (Lipinski definition) is 3. The summed E-state index contributed by atoms with van der Waals surface area (Å²) in [6.07, 6.45) is 4.22.